The van der Waals surface area contributed by atoms with E-state index in [1.54, 1.807) is 7.05 Å². The minimum Gasteiger partial charge on any atom is -0.322 e. The summed E-state index contributed by atoms with van der Waals surface area (Å²) in [6.45, 7) is 7.77. The van der Waals surface area contributed by atoms with Crippen LogP contribution in [0.15, 0.2) is 42.6 Å². The van der Waals surface area contributed by atoms with Gasteiger partial charge >= 0.3 is 0 Å². The van der Waals surface area contributed by atoms with Crippen LogP contribution >= 0.6 is 0 Å². The largest absolute Gasteiger partial charge is 0.322 e. The highest BCUT2D eigenvalue weighted by molar-refractivity contribution is 6.14. The van der Waals surface area contributed by atoms with Gasteiger partial charge in [-0.3, -0.25) is 14.3 Å². The average molecular weight is 376 g/mol. The number of aromatic nitrogens is 2. The SMILES string of the molecule is Cc1ccc(C)c(NC(=O)c2cnn(C)c2C(=O)Nc2cc(C)ccc2C)c1. The zero-order valence-electron chi connectivity index (χ0n) is 16.8. The maximum Gasteiger partial charge on any atom is 0.274 e. The second-order valence-electron chi connectivity index (χ2n) is 7.08. The Morgan fingerprint density at radius 2 is 1.32 bits per heavy atom. The van der Waals surface area contributed by atoms with E-state index < -0.39 is 0 Å². The minimum atomic E-state index is -0.375. The first-order valence-corrected chi connectivity index (χ1v) is 9.05. The molecule has 1 heterocycles. The van der Waals surface area contributed by atoms with Crippen LogP contribution in [0.3, 0.4) is 0 Å². The lowest BCUT2D eigenvalue weighted by Gasteiger charge is -2.12. The van der Waals surface area contributed by atoms with Crippen molar-refractivity contribution in [2.24, 2.45) is 7.05 Å². The first kappa shape index (κ1) is 19.4. The highest BCUT2D eigenvalue weighted by Crippen LogP contribution is 2.21. The number of benzene rings is 2. The lowest BCUT2D eigenvalue weighted by Crippen LogP contribution is -2.22. The molecule has 0 aliphatic heterocycles. The average Bonchev–Trinajstić information content (AvgIpc) is 3.03. The molecular weight excluding hydrogens is 352 g/mol. The van der Waals surface area contributed by atoms with E-state index in [2.05, 4.69) is 15.7 Å². The van der Waals surface area contributed by atoms with Gasteiger partial charge in [0.25, 0.3) is 11.8 Å². The first-order valence-electron chi connectivity index (χ1n) is 9.05. The summed E-state index contributed by atoms with van der Waals surface area (Å²) in [6, 6.07) is 11.7. The van der Waals surface area contributed by atoms with Crippen molar-refractivity contribution in [1.29, 1.82) is 0 Å². The number of aryl methyl sites for hydroxylation is 5. The molecule has 28 heavy (non-hydrogen) atoms. The van der Waals surface area contributed by atoms with E-state index in [1.807, 2.05) is 64.1 Å². The zero-order valence-corrected chi connectivity index (χ0v) is 16.8. The Labute approximate surface area is 164 Å². The van der Waals surface area contributed by atoms with Gasteiger partial charge < -0.3 is 10.6 Å². The van der Waals surface area contributed by atoms with Crippen LogP contribution in [-0.2, 0) is 7.05 Å². The van der Waals surface area contributed by atoms with Crippen molar-refractivity contribution in [1.82, 2.24) is 9.78 Å². The third-order valence-corrected chi connectivity index (χ3v) is 4.68. The van der Waals surface area contributed by atoms with E-state index >= 15 is 0 Å². The van der Waals surface area contributed by atoms with Crippen molar-refractivity contribution in [2.45, 2.75) is 27.7 Å². The van der Waals surface area contributed by atoms with Crippen molar-refractivity contribution in [3.8, 4) is 0 Å². The molecule has 144 valence electrons. The van der Waals surface area contributed by atoms with Crippen molar-refractivity contribution >= 4 is 23.2 Å². The van der Waals surface area contributed by atoms with Crippen LogP contribution in [0.2, 0.25) is 0 Å². The Balaban J connectivity index is 1.88. The van der Waals surface area contributed by atoms with Crippen LogP contribution < -0.4 is 10.6 Å². The molecule has 0 unspecified atom stereocenters. The molecule has 1 aromatic heterocycles. The molecule has 0 saturated carbocycles. The minimum absolute atomic E-state index is 0.212. The number of anilines is 2. The topological polar surface area (TPSA) is 76.0 Å². The van der Waals surface area contributed by atoms with Crippen LogP contribution in [0.1, 0.15) is 43.1 Å². The second-order valence-corrected chi connectivity index (χ2v) is 7.08. The summed E-state index contributed by atoms with van der Waals surface area (Å²) in [4.78, 5) is 25.8. The number of carbonyl (C=O) groups excluding carboxylic acids is 2. The fourth-order valence-corrected chi connectivity index (χ4v) is 2.99. The van der Waals surface area contributed by atoms with Gasteiger partial charge in [0.2, 0.25) is 0 Å². The molecule has 0 aliphatic carbocycles. The molecule has 0 atom stereocenters. The van der Waals surface area contributed by atoms with E-state index in [0.29, 0.717) is 5.69 Å². The third kappa shape index (κ3) is 3.96. The third-order valence-electron chi connectivity index (χ3n) is 4.68. The Morgan fingerprint density at radius 3 is 1.86 bits per heavy atom. The lowest BCUT2D eigenvalue weighted by molar-refractivity contribution is 0.0985. The van der Waals surface area contributed by atoms with Crippen LogP contribution in [0.4, 0.5) is 11.4 Å². The fourth-order valence-electron chi connectivity index (χ4n) is 2.99. The molecule has 3 aromatic rings. The Kier molecular flexibility index (Phi) is 5.31. The molecular formula is C22H24N4O2. The zero-order chi connectivity index (χ0) is 20.4. The maximum atomic E-state index is 12.9. The molecule has 6 nitrogen and oxygen atoms in total. The summed E-state index contributed by atoms with van der Waals surface area (Å²) >= 11 is 0. The molecule has 3 rings (SSSR count). The summed E-state index contributed by atoms with van der Waals surface area (Å²) in [5.41, 5.74) is 5.85. The predicted octanol–water partition coefficient (Wildman–Crippen LogP) is 4.16. The summed E-state index contributed by atoms with van der Waals surface area (Å²) in [5.74, 6) is -0.743. The van der Waals surface area contributed by atoms with E-state index in [-0.39, 0.29) is 23.1 Å². The number of nitrogens with zero attached hydrogens (tertiary/aromatic N) is 2. The first-order chi connectivity index (χ1) is 13.3. The van der Waals surface area contributed by atoms with E-state index in [0.717, 1.165) is 27.9 Å². The van der Waals surface area contributed by atoms with E-state index in [9.17, 15) is 9.59 Å². The number of hydrogen-bond donors (Lipinski definition) is 2. The normalized spacial score (nSPS) is 10.6. The van der Waals surface area contributed by atoms with Crippen molar-refractivity contribution in [2.75, 3.05) is 10.6 Å². The monoisotopic (exact) mass is 376 g/mol. The Hall–Kier alpha value is -3.41. The van der Waals surface area contributed by atoms with E-state index in [1.165, 1.54) is 10.9 Å². The second kappa shape index (κ2) is 7.68. The smallest absolute Gasteiger partial charge is 0.274 e. The molecule has 0 spiro atoms. The molecule has 0 bridgehead atoms. The van der Waals surface area contributed by atoms with Gasteiger partial charge in [0, 0.05) is 18.4 Å². The highest BCUT2D eigenvalue weighted by atomic mass is 16.2. The summed E-state index contributed by atoms with van der Waals surface area (Å²) in [5, 5.41) is 9.90. The fraction of sp³-hybridized carbons (Fsp3) is 0.227. The van der Waals surface area contributed by atoms with Crippen LogP contribution in [-0.4, -0.2) is 21.6 Å². The van der Waals surface area contributed by atoms with Crippen LogP contribution in [0.25, 0.3) is 0 Å². The maximum absolute atomic E-state index is 12.9. The number of hydrogen-bond acceptors (Lipinski definition) is 3. The van der Waals surface area contributed by atoms with E-state index in [4.69, 9.17) is 0 Å². The van der Waals surface area contributed by atoms with Crippen molar-refractivity contribution in [3.63, 3.8) is 0 Å². The van der Waals surface area contributed by atoms with Gasteiger partial charge in [-0.15, -0.1) is 0 Å². The van der Waals surface area contributed by atoms with Gasteiger partial charge in [-0.2, -0.15) is 5.10 Å². The quantitative estimate of drug-likeness (QED) is 0.718. The Bertz CT molecular complexity index is 1070. The van der Waals surface area contributed by atoms with Gasteiger partial charge in [-0.1, -0.05) is 24.3 Å². The van der Waals surface area contributed by atoms with Gasteiger partial charge in [-0.25, -0.2) is 0 Å². The number of rotatable bonds is 4. The Morgan fingerprint density at radius 1 is 0.821 bits per heavy atom. The molecule has 0 fully saturated rings. The van der Waals surface area contributed by atoms with Crippen LogP contribution in [0.5, 0.6) is 0 Å². The number of carbonyl (C=O) groups is 2. The van der Waals surface area contributed by atoms with Gasteiger partial charge in [0.05, 0.1) is 11.8 Å². The van der Waals surface area contributed by atoms with Crippen molar-refractivity contribution < 1.29 is 9.59 Å². The lowest BCUT2D eigenvalue weighted by atomic mass is 10.1. The molecule has 2 N–H and O–H groups in total. The molecule has 0 radical (unpaired) electrons. The molecule has 2 aromatic carbocycles. The summed E-state index contributed by atoms with van der Waals surface area (Å²) in [6.07, 6.45) is 1.42. The molecule has 0 saturated heterocycles. The highest BCUT2D eigenvalue weighted by Gasteiger charge is 2.23. The van der Waals surface area contributed by atoms with Crippen LogP contribution in [0, 0.1) is 27.7 Å². The van der Waals surface area contributed by atoms with Gasteiger partial charge in [0.1, 0.15) is 5.69 Å². The molecule has 2 amide bonds. The standard InChI is InChI=1S/C22H24N4O2/c1-13-6-8-15(3)18(10-13)24-21(27)17-12-23-26(5)20(17)22(28)25-19-11-14(2)7-9-16(19)4/h6-12H,1-5H3,(H,24,27)(H,25,28). The molecule has 6 heteroatoms. The summed E-state index contributed by atoms with van der Waals surface area (Å²) in [7, 11) is 1.65. The predicted molar refractivity (Wildman–Crippen MR) is 111 cm³/mol. The number of nitrogens with one attached hydrogen (secondary N) is 2. The van der Waals surface area contributed by atoms with Gasteiger partial charge in [-0.05, 0) is 62.1 Å². The van der Waals surface area contributed by atoms with Crippen molar-refractivity contribution in [3.05, 3.63) is 76.1 Å². The summed E-state index contributed by atoms with van der Waals surface area (Å²) < 4.78 is 1.42. The van der Waals surface area contributed by atoms with Gasteiger partial charge in [0.15, 0.2) is 0 Å². The molecule has 0 aliphatic rings. The number of amides is 2.